The number of hydrogen-bond acceptors (Lipinski definition) is 12. The van der Waals surface area contributed by atoms with Crippen molar-refractivity contribution in [3.8, 4) is 0 Å². The molecular formula is C36H80O12Si8. The molecule has 2 aliphatic heterocycles. The van der Waals surface area contributed by atoms with Crippen LogP contribution < -0.4 is 0 Å². The molecule has 0 aromatic rings. The monoisotopic (exact) mass is 928 g/mol. The lowest BCUT2D eigenvalue weighted by molar-refractivity contribution is -0.149. The van der Waals surface area contributed by atoms with E-state index in [1.807, 2.05) is 0 Å². The van der Waals surface area contributed by atoms with Gasteiger partial charge < -0.3 is 42.4 Å². The summed E-state index contributed by atoms with van der Waals surface area (Å²) in [5.74, 6) is -0.513. The van der Waals surface area contributed by atoms with E-state index in [1.165, 1.54) is 12.2 Å². The van der Waals surface area contributed by atoms with Gasteiger partial charge in [0.2, 0.25) is 0 Å². The van der Waals surface area contributed by atoms with Gasteiger partial charge in [0.05, 0.1) is 0 Å². The van der Waals surface area contributed by atoms with Crippen LogP contribution in [-0.4, -0.2) is 97.0 Å². The molecule has 2 fully saturated rings. The van der Waals surface area contributed by atoms with Gasteiger partial charge in [-0.1, -0.05) is 83.1 Å². The number of esters is 2. The molecule has 56 heavy (non-hydrogen) atoms. The first-order valence-corrected chi connectivity index (χ1v) is 37.4. The van der Waals surface area contributed by atoms with Crippen molar-refractivity contribution >= 4 is 84.8 Å². The fourth-order valence-corrected chi connectivity index (χ4v) is 33.5. The van der Waals surface area contributed by atoms with E-state index in [9.17, 15) is 9.59 Å². The number of ether oxygens (including phenoxy) is 2. The van der Waals surface area contributed by atoms with Gasteiger partial charge in [0.25, 0.3) is 20.0 Å². The zero-order valence-electron chi connectivity index (χ0n) is 38.7. The standard InChI is InChI=1S/C36H80O12Si8/c1-25(2)31(23-35(27(5)6,28(7)8)51-45-53(13,14)41-49-42-54(15,16)46-51)39-33(37)21-22-34(38)40-32(26(3)4)24-36(29(9)10,30(11)12)52-47-55(17,18)43-50-44-56(19,20)48-52/h21-22,25-32,51-52H,23-24,49-50H2,1-20H3. The first-order valence-electron chi connectivity index (χ1n) is 20.8. The van der Waals surface area contributed by atoms with Crippen LogP contribution in [0.2, 0.25) is 62.5 Å². The van der Waals surface area contributed by atoms with Gasteiger partial charge in [-0.25, -0.2) is 9.59 Å². The van der Waals surface area contributed by atoms with E-state index in [1.54, 1.807) is 0 Å². The molecule has 20 heteroatoms. The second-order valence-electron chi connectivity index (χ2n) is 19.6. The van der Waals surface area contributed by atoms with Crippen molar-refractivity contribution in [1.82, 2.24) is 0 Å². The smallest absolute Gasteiger partial charge is 0.331 e. The highest BCUT2D eigenvalue weighted by molar-refractivity contribution is 6.84. The molecule has 0 saturated carbocycles. The minimum Gasteiger partial charge on any atom is -0.459 e. The van der Waals surface area contributed by atoms with Crippen molar-refractivity contribution in [1.29, 1.82) is 0 Å². The summed E-state index contributed by atoms with van der Waals surface area (Å²) in [5, 5.41) is -0.796. The van der Waals surface area contributed by atoms with Gasteiger partial charge in [-0.3, -0.25) is 0 Å². The molecule has 0 spiro atoms. The second-order valence-corrected chi connectivity index (χ2v) is 43.1. The third kappa shape index (κ3) is 14.3. The topological polar surface area (TPSA) is 126 Å². The molecule has 0 bridgehead atoms. The zero-order chi connectivity index (χ0) is 43.2. The van der Waals surface area contributed by atoms with Crippen molar-refractivity contribution in [3.05, 3.63) is 12.2 Å². The van der Waals surface area contributed by atoms with Gasteiger partial charge >= 0.3 is 64.7 Å². The van der Waals surface area contributed by atoms with Crippen molar-refractivity contribution in [2.24, 2.45) is 35.5 Å². The Hall–Kier alpha value is 0.0951. The van der Waals surface area contributed by atoms with Crippen LogP contribution in [0.3, 0.4) is 0 Å². The fourth-order valence-electron chi connectivity index (χ4n) is 7.87. The van der Waals surface area contributed by atoms with E-state index in [4.69, 9.17) is 42.4 Å². The molecule has 0 aliphatic carbocycles. The largest absolute Gasteiger partial charge is 0.459 e. The van der Waals surface area contributed by atoms with Gasteiger partial charge in [-0.2, -0.15) is 0 Å². The van der Waals surface area contributed by atoms with Crippen LogP contribution in [0.25, 0.3) is 0 Å². The number of carbonyl (C=O) groups excluding carboxylic acids is 2. The molecule has 2 rings (SSSR count). The quantitative estimate of drug-likeness (QED) is 0.0902. The third-order valence-electron chi connectivity index (χ3n) is 11.9. The van der Waals surface area contributed by atoms with E-state index in [-0.39, 0.29) is 35.5 Å². The molecule has 0 N–H and O–H groups in total. The molecule has 0 aromatic heterocycles. The number of carbonyl (C=O) groups is 2. The maximum Gasteiger partial charge on any atom is 0.331 e. The lowest BCUT2D eigenvalue weighted by Gasteiger charge is -2.51. The highest BCUT2D eigenvalue weighted by atomic mass is 28.5. The van der Waals surface area contributed by atoms with Crippen LogP contribution in [0.15, 0.2) is 12.2 Å². The van der Waals surface area contributed by atoms with Crippen molar-refractivity contribution < 1.29 is 52.0 Å². The predicted molar refractivity (Wildman–Crippen MR) is 243 cm³/mol. The molecule has 2 atom stereocenters. The minimum atomic E-state index is -2.51. The highest BCUT2D eigenvalue weighted by Crippen LogP contribution is 2.54. The van der Waals surface area contributed by atoms with E-state index < -0.39 is 107 Å². The Morgan fingerprint density at radius 1 is 0.500 bits per heavy atom. The Morgan fingerprint density at radius 3 is 0.929 bits per heavy atom. The Morgan fingerprint density at radius 2 is 0.732 bits per heavy atom. The van der Waals surface area contributed by atoms with E-state index >= 15 is 0 Å². The van der Waals surface area contributed by atoms with E-state index in [2.05, 4.69) is 135 Å². The maximum atomic E-state index is 13.6. The Balaban J connectivity index is 2.38. The Bertz CT molecular complexity index is 1160. The highest BCUT2D eigenvalue weighted by Gasteiger charge is 2.56. The van der Waals surface area contributed by atoms with Crippen LogP contribution in [0.5, 0.6) is 0 Å². The molecule has 0 aromatic carbocycles. The normalized spacial score (nSPS) is 25.5. The van der Waals surface area contributed by atoms with E-state index in [0.29, 0.717) is 12.8 Å². The van der Waals surface area contributed by atoms with Crippen LogP contribution in [0, 0.1) is 35.5 Å². The first-order chi connectivity index (χ1) is 25.4. The lowest BCUT2D eigenvalue weighted by Crippen LogP contribution is -2.60. The van der Waals surface area contributed by atoms with Gasteiger partial charge in [-0.15, -0.1) is 0 Å². The van der Waals surface area contributed by atoms with Gasteiger partial charge in [0, 0.05) is 22.2 Å². The van der Waals surface area contributed by atoms with E-state index in [0.717, 1.165) is 0 Å². The molecule has 2 unspecified atom stereocenters. The average molecular weight is 930 g/mol. The average Bonchev–Trinajstić information content (AvgIpc) is 3.00. The summed E-state index contributed by atoms with van der Waals surface area (Å²) in [4.78, 5) is 27.1. The minimum absolute atomic E-state index is 0.000714. The van der Waals surface area contributed by atoms with Crippen LogP contribution in [0.1, 0.15) is 95.9 Å². The van der Waals surface area contributed by atoms with Gasteiger partial charge in [-0.05, 0) is 101 Å². The van der Waals surface area contributed by atoms with Crippen LogP contribution in [0.4, 0.5) is 0 Å². The Kier molecular flexibility index (Phi) is 19.4. The summed E-state index contributed by atoms with van der Waals surface area (Å²) >= 11 is 0. The fraction of sp³-hybridized carbons (Fsp3) is 0.889. The second kappa shape index (κ2) is 20.8. The summed E-state index contributed by atoms with van der Waals surface area (Å²) in [7, 11) is -17.4. The molecule has 12 nitrogen and oxygen atoms in total. The van der Waals surface area contributed by atoms with Crippen LogP contribution in [-0.2, 0) is 52.0 Å². The molecule has 0 amide bonds. The molecule has 2 heterocycles. The van der Waals surface area contributed by atoms with Crippen molar-refractivity contribution in [2.75, 3.05) is 0 Å². The Labute approximate surface area is 353 Å². The van der Waals surface area contributed by atoms with Gasteiger partial charge in [0.1, 0.15) is 12.2 Å². The summed E-state index contributed by atoms with van der Waals surface area (Å²) in [5.41, 5.74) is 0. The summed E-state index contributed by atoms with van der Waals surface area (Å²) in [6.45, 7) is 42.4. The molecule has 328 valence electrons. The maximum absolute atomic E-state index is 13.6. The van der Waals surface area contributed by atoms with Crippen molar-refractivity contribution in [2.45, 2.75) is 171 Å². The molecule has 0 radical (unpaired) electrons. The zero-order valence-corrected chi connectivity index (χ0v) is 47.8. The summed E-state index contributed by atoms with van der Waals surface area (Å²) < 4.78 is 65.3. The number of hydrogen-bond donors (Lipinski definition) is 0. The molecular weight excluding hydrogens is 849 g/mol. The van der Waals surface area contributed by atoms with Gasteiger partial charge in [0.15, 0.2) is 0 Å². The molecule has 2 saturated heterocycles. The predicted octanol–water partition coefficient (Wildman–Crippen LogP) is 6.97. The lowest BCUT2D eigenvalue weighted by atomic mass is 9.78. The molecule has 2 aliphatic rings. The summed E-state index contributed by atoms with van der Waals surface area (Å²) in [6, 6.07) is 0. The third-order valence-corrected chi connectivity index (χ3v) is 42.3. The summed E-state index contributed by atoms with van der Waals surface area (Å²) in [6.07, 6.45) is 2.62. The first kappa shape index (κ1) is 52.2. The van der Waals surface area contributed by atoms with Crippen LogP contribution >= 0.6 is 0 Å². The number of rotatable bonds is 16. The van der Waals surface area contributed by atoms with Crippen molar-refractivity contribution in [3.63, 3.8) is 0 Å². The SMILES string of the molecule is CC(C)C(CC(C(C)C)(C(C)C)[SiH]1O[Si](C)(C)O[SiH2]O[Si](C)(C)O1)OC(=O)C=CC(=O)OC(CC(C(C)C)(C(C)C)[SiH]1O[Si](C)(C)O[SiH2]O[Si](C)(C)O1)C(C)C.